The van der Waals surface area contributed by atoms with E-state index in [0.29, 0.717) is 0 Å². The Kier molecular flexibility index (Phi) is 3.46. The summed E-state index contributed by atoms with van der Waals surface area (Å²) in [5.41, 5.74) is 1.47. The van der Waals surface area contributed by atoms with Crippen LogP contribution in [0.5, 0.6) is 0 Å². The summed E-state index contributed by atoms with van der Waals surface area (Å²) in [7, 11) is 0. The second-order valence-electron chi connectivity index (χ2n) is 5.81. The van der Waals surface area contributed by atoms with E-state index in [0.717, 1.165) is 18.4 Å². The summed E-state index contributed by atoms with van der Waals surface area (Å²) in [4.78, 5) is 2.65. The molecule has 92 valence electrons. The van der Waals surface area contributed by atoms with Crippen LogP contribution >= 0.6 is 0 Å². The molecule has 1 heteroatoms. The molecule has 0 N–H and O–H groups in total. The molecule has 1 aliphatic carbocycles. The van der Waals surface area contributed by atoms with E-state index >= 15 is 0 Å². The molecule has 1 aromatic rings. The smallest absolute Gasteiger partial charge is 0.0233 e. The zero-order valence-corrected chi connectivity index (χ0v) is 10.6. The first-order valence-corrected chi connectivity index (χ1v) is 7.18. The quantitative estimate of drug-likeness (QED) is 0.764. The maximum atomic E-state index is 2.65. The Labute approximate surface area is 105 Å². The highest BCUT2D eigenvalue weighted by atomic mass is 15.1. The minimum atomic E-state index is 1.00. The standard InChI is InChI=1S/C16H23N/c1-2-6-14(7-3-1)12-17-11-10-16(13-17)15-8-4-5-9-15/h1-3,6-7,15-16H,4-5,8-13H2/t16-/m1/s1. The van der Waals surface area contributed by atoms with Gasteiger partial charge in [-0.25, -0.2) is 0 Å². The first-order chi connectivity index (χ1) is 8.42. The summed E-state index contributed by atoms with van der Waals surface area (Å²) in [6, 6.07) is 10.9. The van der Waals surface area contributed by atoms with Gasteiger partial charge in [-0.3, -0.25) is 4.90 Å². The number of hydrogen-bond donors (Lipinski definition) is 0. The fraction of sp³-hybridized carbons (Fsp3) is 0.625. The molecule has 0 radical (unpaired) electrons. The lowest BCUT2D eigenvalue weighted by atomic mass is 9.90. The number of benzene rings is 1. The van der Waals surface area contributed by atoms with Gasteiger partial charge in [0.25, 0.3) is 0 Å². The summed E-state index contributed by atoms with van der Waals surface area (Å²) in [6.07, 6.45) is 7.42. The van der Waals surface area contributed by atoms with E-state index in [9.17, 15) is 0 Å². The van der Waals surface area contributed by atoms with Gasteiger partial charge in [0.15, 0.2) is 0 Å². The predicted octanol–water partition coefficient (Wildman–Crippen LogP) is 3.70. The number of nitrogens with zero attached hydrogens (tertiary/aromatic N) is 1. The van der Waals surface area contributed by atoms with Gasteiger partial charge in [-0.1, -0.05) is 56.0 Å². The van der Waals surface area contributed by atoms with Crippen molar-refractivity contribution in [2.24, 2.45) is 11.8 Å². The Morgan fingerprint density at radius 3 is 2.47 bits per heavy atom. The minimum absolute atomic E-state index is 1.00. The maximum Gasteiger partial charge on any atom is 0.0233 e. The van der Waals surface area contributed by atoms with Crippen LogP contribution in [-0.4, -0.2) is 18.0 Å². The average molecular weight is 229 g/mol. The highest BCUT2D eigenvalue weighted by Crippen LogP contribution is 2.36. The molecule has 0 bridgehead atoms. The largest absolute Gasteiger partial charge is 0.299 e. The van der Waals surface area contributed by atoms with Gasteiger partial charge in [-0.2, -0.15) is 0 Å². The van der Waals surface area contributed by atoms with Gasteiger partial charge in [0.2, 0.25) is 0 Å². The fourth-order valence-electron chi connectivity index (χ4n) is 3.66. The lowest BCUT2D eigenvalue weighted by Gasteiger charge is -2.19. The molecule has 1 heterocycles. The molecule has 1 aliphatic heterocycles. The second kappa shape index (κ2) is 5.22. The van der Waals surface area contributed by atoms with Crippen molar-refractivity contribution in [3.05, 3.63) is 35.9 Å². The molecule has 2 aliphatic rings. The van der Waals surface area contributed by atoms with Crippen molar-refractivity contribution in [3.63, 3.8) is 0 Å². The van der Waals surface area contributed by atoms with Crippen LogP contribution < -0.4 is 0 Å². The molecular weight excluding hydrogens is 206 g/mol. The van der Waals surface area contributed by atoms with E-state index in [-0.39, 0.29) is 0 Å². The van der Waals surface area contributed by atoms with Crippen molar-refractivity contribution >= 4 is 0 Å². The second-order valence-corrected chi connectivity index (χ2v) is 5.81. The fourth-order valence-corrected chi connectivity index (χ4v) is 3.66. The molecule has 3 rings (SSSR count). The minimum Gasteiger partial charge on any atom is -0.299 e. The highest BCUT2D eigenvalue weighted by molar-refractivity contribution is 5.14. The summed E-state index contributed by atoms with van der Waals surface area (Å²) < 4.78 is 0. The van der Waals surface area contributed by atoms with Gasteiger partial charge < -0.3 is 0 Å². The molecule has 1 saturated carbocycles. The summed E-state index contributed by atoms with van der Waals surface area (Å²) in [5, 5.41) is 0. The molecule has 2 fully saturated rings. The van der Waals surface area contributed by atoms with Gasteiger partial charge in [0, 0.05) is 13.1 Å². The Hall–Kier alpha value is -0.820. The topological polar surface area (TPSA) is 3.24 Å². The van der Waals surface area contributed by atoms with E-state index < -0.39 is 0 Å². The van der Waals surface area contributed by atoms with E-state index in [1.807, 2.05) is 0 Å². The van der Waals surface area contributed by atoms with Crippen LogP contribution in [0.1, 0.15) is 37.7 Å². The zero-order valence-electron chi connectivity index (χ0n) is 10.6. The third-order valence-electron chi connectivity index (χ3n) is 4.62. The van der Waals surface area contributed by atoms with Gasteiger partial charge in [-0.05, 0) is 30.4 Å². The SMILES string of the molecule is c1ccc(CN2CC[C@@H](C3CCCC3)C2)cc1. The average Bonchev–Trinajstić information content (AvgIpc) is 3.00. The van der Waals surface area contributed by atoms with Crippen molar-refractivity contribution in [1.82, 2.24) is 4.90 Å². The van der Waals surface area contributed by atoms with Crippen molar-refractivity contribution < 1.29 is 0 Å². The van der Waals surface area contributed by atoms with Crippen LogP contribution in [0.15, 0.2) is 30.3 Å². The molecule has 17 heavy (non-hydrogen) atoms. The van der Waals surface area contributed by atoms with Crippen molar-refractivity contribution in [3.8, 4) is 0 Å². The zero-order chi connectivity index (χ0) is 11.5. The molecule has 1 aromatic carbocycles. The lowest BCUT2D eigenvalue weighted by Crippen LogP contribution is -2.22. The first kappa shape index (κ1) is 11.3. The number of rotatable bonds is 3. The Morgan fingerprint density at radius 1 is 0.941 bits per heavy atom. The molecule has 0 aromatic heterocycles. The van der Waals surface area contributed by atoms with E-state index in [4.69, 9.17) is 0 Å². The Morgan fingerprint density at radius 2 is 1.71 bits per heavy atom. The summed E-state index contributed by atoms with van der Waals surface area (Å²) in [6.45, 7) is 3.82. The molecule has 1 saturated heterocycles. The van der Waals surface area contributed by atoms with Crippen molar-refractivity contribution in [2.75, 3.05) is 13.1 Å². The Balaban J connectivity index is 1.53. The summed E-state index contributed by atoms with van der Waals surface area (Å²) >= 11 is 0. The predicted molar refractivity (Wildman–Crippen MR) is 71.8 cm³/mol. The molecule has 0 unspecified atom stereocenters. The third kappa shape index (κ3) is 2.71. The number of hydrogen-bond acceptors (Lipinski definition) is 1. The number of likely N-dealkylation sites (tertiary alicyclic amines) is 1. The van der Waals surface area contributed by atoms with Gasteiger partial charge in [0.05, 0.1) is 0 Å². The lowest BCUT2D eigenvalue weighted by molar-refractivity contribution is 0.283. The van der Waals surface area contributed by atoms with E-state index in [2.05, 4.69) is 35.2 Å². The van der Waals surface area contributed by atoms with Crippen molar-refractivity contribution in [2.45, 2.75) is 38.6 Å². The molecule has 1 atom stereocenters. The normalized spacial score (nSPS) is 26.7. The monoisotopic (exact) mass is 229 g/mol. The van der Waals surface area contributed by atoms with Crippen LogP contribution in [0, 0.1) is 11.8 Å². The maximum absolute atomic E-state index is 2.65. The first-order valence-electron chi connectivity index (χ1n) is 7.18. The van der Waals surface area contributed by atoms with Gasteiger partial charge in [0.1, 0.15) is 0 Å². The molecular formula is C16H23N. The van der Waals surface area contributed by atoms with E-state index in [1.54, 1.807) is 0 Å². The summed E-state index contributed by atoms with van der Waals surface area (Å²) in [5.74, 6) is 2.05. The highest BCUT2D eigenvalue weighted by Gasteiger charge is 2.30. The van der Waals surface area contributed by atoms with Crippen LogP contribution in [0.3, 0.4) is 0 Å². The van der Waals surface area contributed by atoms with Crippen LogP contribution in [-0.2, 0) is 6.54 Å². The van der Waals surface area contributed by atoms with Crippen molar-refractivity contribution in [1.29, 1.82) is 0 Å². The van der Waals surface area contributed by atoms with Crippen LogP contribution in [0.2, 0.25) is 0 Å². The van der Waals surface area contributed by atoms with Crippen LogP contribution in [0.25, 0.3) is 0 Å². The van der Waals surface area contributed by atoms with E-state index in [1.165, 1.54) is 50.8 Å². The molecule has 1 nitrogen and oxygen atoms in total. The third-order valence-corrected chi connectivity index (χ3v) is 4.62. The molecule has 0 spiro atoms. The van der Waals surface area contributed by atoms with Gasteiger partial charge in [-0.15, -0.1) is 0 Å². The molecule has 0 amide bonds. The van der Waals surface area contributed by atoms with Crippen LogP contribution in [0.4, 0.5) is 0 Å². The Bertz CT molecular complexity index is 340. The van der Waals surface area contributed by atoms with Gasteiger partial charge >= 0.3 is 0 Å².